The lowest BCUT2D eigenvalue weighted by molar-refractivity contribution is 0.312. The van der Waals surface area contributed by atoms with Gasteiger partial charge < -0.3 is 10.3 Å². The van der Waals surface area contributed by atoms with Crippen LogP contribution < -0.4 is 5.73 Å². The van der Waals surface area contributed by atoms with E-state index in [9.17, 15) is 0 Å². The molecule has 1 aromatic rings. The van der Waals surface area contributed by atoms with E-state index < -0.39 is 0 Å². The number of nitrogens with zero attached hydrogens (tertiary/aromatic N) is 2. The highest BCUT2D eigenvalue weighted by molar-refractivity contribution is 4.93. The zero-order valence-electron chi connectivity index (χ0n) is 11.1. The predicted octanol–water partition coefficient (Wildman–Crippen LogP) is 2.33. The minimum atomic E-state index is 0.101. The summed E-state index contributed by atoms with van der Waals surface area (Å²) in [5.74, 6) is 2.34. The van der Waals surface area contributed by atoms with Gasteiger partial charge >= 0.3 is 0 Å². The third-order valence-electron chi connectivity index (χ3n) is 2.99. The lowest BCUT2D eigenvalue weighted by Gasteiger charge is -2.21. The van der Waals surface area contributed by atoms with E-state index in [0.29, 0.717) is 12.3 Å². The molecule has 1 aliphatic carbocycles. The Morgan fingerprint density at radius 2 is 2.12 bits per heavy atom. The Bertz CT molecular complexity index is 363. The summed E-state index contributed by atoms with van der Waals surface area (Å²) in [7, 11) is 0. The summed E-state index contributed by atoms with van der Waals surface area (Å²) in [5, 5.41) is 4.00. The van der Waals surface area contributed by atoms with Gasteiger partial charge in [-0.15, -0.1) is 0 Å². The first-order valence-corrected chi connectivity index (χ1v) is 6.49. The van der Waals surface area contributed by atoms with Crippen LogP contribution in [0.25, 0.3) is 0 Å². The second-order valence-corrected chi connectivity index (χ2v) is 6.48. The maximum atomic E-state index is 6.09. The molecule has 1 heterocycles. The highest BCUT2D eigenvalue weighted by Crippen LogP contribution is 2.31. The van der Waals surface area contributed by atoms with Gasteiger partial charge in [0.2, 0.25) is 5.89 Å². The Hall–Kier alpha value is -0.900. The zero-order chi connectivity index (χ0) is 12.5. The van der Waals surface area contributed by atoms with E-state index in [-0.39, 0.29) is 11.5 Å². The normalized spacial score (nSPS) is 18.4. The molecule has 96 valence electrons. The summed E-state index contributed by atoms with van der Waals surface area (Å²) in [6.45, 7) is 6.58. The second-order valence-electron chi connectivity index (χ2n) is 6.48. The van der Waals surface area contributed by atoms with Gasteiger partial charge in [0.15, 0.2) is 5.82 Å². The van der Waals surface area contributed by atoms with Crippen molar-refractivity contribution in [1.82, 2.24) is 10.1 Å². The van der Waals surface area contributed by atoms with Crippen LogP contribution in [-0.2, 0) is 12.8 Å². The van der Waals surface area contributed by atoms with Crippen LogP contribution in [0.4, 0.5) is 0 Å². The predicted molar refractivity (Wildman–Crippen MR) is 66.5 cm³/mol. The Morgan fingerprint density at radius 1 is 1.41 bits per heavy atom. The van der Waals surface area contributed by atoms with E-state index in [2.05, 4.69) is 30.9 Å². The van der Waals surface area contributed by atoms with Crippen LogP contribution in [0, 0.1) is 11.3 Å². The van der Waals surface area contributed by atoms with E-state index in [4.69, 9.17) is 10.3 Å². The van der Waals surface area contributed by atoms with Crippen molar-refractivity contribution in [3.63, 3.8) is 0 Å². The molecule has 1 atom stereocenters. The highest BCUT2D eigenvalue weighted by atomic mass is 16.5. The molecule has 1 saturated carbocycles. The third-order valence-corrected chi connectivity index (χ3v) is 2.99. The molecule has 0 radical (unpaired) electrons. The molecule has 4 heteroatoms. The van der Waals surface area contributed by atoms with Crippen LogP contribution in [0.2, 0.25) is 0 Å². The average Bonchev–Trinajstić information content (AvgIpc) is 2.84. The minimum Gasteiger partial charge on any atom is -0.339 e. The van der Waals surface area contributed by atoms with Crippen LogP contribution in [0.5, 0.6) is 0 Å². The zero-order valence-corrected chi connectivity index (χ0v) is 11.1. The molecule has 1 unspecified atom stereocenters. The summed E-state index contributed by atoms with van der Waals surface area (Å²) < 4.78 is 5.24. The van der Waals surface area contributed by atoms with Crippen molar-refractivity contribution in [2.45, 2.75) is 58.9 Å². The Morgan fingerprint density at radius 3 is 2.71 bits per heavy atom. The molecular formula is C13H23N3O. The number of aromatic nitrogens is 2. The van der Waals surface area contributed by atoms with Crippen LogP contribution in [0.3, 0.4) is 0 Å². The topological polar surface area (TPSA) is 64.9 Å². The fourth-order valence-corrected chi connectivity index (χ4v) is 2.12. The molecule has 4 nitrogen and oxygen atoms in total. The van der Waals surface area contributed by atoms with Crippen molar-refractivity contribution in [3.05, 3.63) is 11.7 Å². The molecule has 0 saturated heterocycles. The summed E-state index contributed by atoms with van der Waals surface area (Å²) in [5.41, 5.74) is 6.33. The smallest absolute Gasteiger partial charge is 0.228 e. The molecule has 0 aliphatic heterocycles. The first kappa shape index (κ1) is 12.6. The molecular weight excluding hydrogens is 214 g/mol. The van der Waals surface area contributed by atoms with Gasteiger partial charge in [-0.25, -0.2) is 0 Å². The van der Waals surface area contributed by atoms with E-state index in [0.717, 1.165) is 24.6 Å². The van der Waals surface area contributed by atoms with Crippen molar-refractivity contribution >= 4 is 0 Å². The number of nitrogens with two attached hydrogens (primary N) is 1. The number of hydrogen-bond donors (Lipinski definition) is 1. The van der Waals surface area contributed by atoms with Crippen molar-refractivity contribution in [3.8, 4) is 0 Å². The van der Waals surface area contributed by atoms with Crippen LogP contribution in [0.1, 0.15) is 51.7 Å². The maximum Gasteiger partial charge on any atom is 0.228 e. The molecule has 1 aromatic heterocycles. The second kappa shape index (κ2) is 4.77. The molecule has 0 aromatic carbocycles. The van der Waals surface area contributed by atoms with Crippen LogP contribution in [-0.4, -0.2) is 16.2 Å². The molecule has 2 rings (SSSR count). The Kier molecular flexibility index (Phi) is 3.52. The van der Waals surface area contributed by atoms with Gasteiger partial charge in [-0.05, 0) is 30.6 Å². The molecule has 17 heavy (non-hydrogen) atoms. The van der Waals surface area contributed by atoms with Gasteiger partial charge in [-0.2, -0.15) is 4.98 Å². The van der Waals surface area contributed by atoms with Crippen LogP contribution in [0.15, 0.2) is 4.52 Å². The first-order valence-electron chi connectivity index (χ1n) is 6.49. The van der Waals surface area contributed by atoms with Crippen molar-refractivity contribution in [2.24, 2.45) is 17.1 Å². The third kappa shape index (κ3) is 4.46. The van der Waals surface area contributed by atoms with Gasteiger partial charge in [0.1, 0.15) is 0 Å². The fourth-order valence-electron chi connectivity index (χ4n) is 2.12. The van der Waals surface area contributed by atoms with Gasteiger partial charge in [0, 0.05) is 18.9 Å². The molecule has 1 fully saturated rings. The molecule has 0 bridgehead atoms. The van der Waals surface area contributed by atoms with E-state index in [1.807, 2.05) is 0 Å². The fraction of sp³-hybridized carbons (Fsp3) is 0.846. The lowest BCUT2D eigenvalue weighted by atomic mass is 9.87. The molecule has 0 spiro atoms. The lowest BCUT2D eigenvalue weighted by Crippen LogP contribution is -2.28. The number of rotatable bonds is 5. The van der Waals surface area contributed by atoms with Crippen molar-refractivity contribution in [1.29, 1.82) is 0 Å². The first-order chi connectivity index (χ1) is 7.92. The number of hydrogen-bond acceptors (Lipinski definition) is 4. The van der Waals surface area contributed by atoms with Crippen molar-refractivity contribution < 1.29 is 4.52 Å². The average molecular weight is 237 g/mol. The van der Waals surface area contributed by atoms with Gasteiger partial charge in [0.05, 0.1) is 0 Å². The summed E-state index contributed by atoms with van der Waals surface area (Å²) >= 11 is 0. The van der Waals surface area contributed by atoms with E-state index in [1.165, 1.54) is 12.8 Å². The highest BCUT2D eigenvalue weighted by Gasteiger charge is 2.24. The summed E-state index contributed by atoms with van der Waals surface area (Å²) in [6.07, 6.45) is 5.25. The summed E-state index contributed by atoms with van der Waals surface area (Å²) in [6, 6.07) is 0.101. The maximum absolute atomic E-state index is 6.09. The Balaban J connectivity index is 1.83. The Labute approximate surface area is 103 Å². The van der Waals surface area contributed by atoms with Gasteiger partial charge in [-0.3, -0.25) is 0 Å². The SMILES string of the molecule is CC(C)(C)CC(N)Cc1nc(CC2CC2)no1. The van der Waals surface area contributed by atoms with Crippen LogP contribution >= 0.6 is 0 Å². The van der Waals surface area contributed by atoms with E-state index >= 15 is 0 Å². The van der Waals surface area contributed by atoms with Gasteiger partial charge in [-0.1, -0.05) is 25.9 Å². The standard InChI is InChI=1S/C13H23N3O/c1-13(2,3)8-10(14)7-12-15-11(16-17-12)6-9-4-5-9/h9-10H,4-8,14H2,1-3H3. The summed E-state index contributed by atoms with van der Waals surface area (Å²) in [4.78, 5) is 4.40. The molecule has 1 aliphatic rings. The molecule has 2 N–H and O–H groups in total. The van der Waals surface area contributed by atoms with E-state index in [1.54, 1.807) is 0 Å². The monoisotopic (exact) mass is 237 g/mol. The molecule has 0 amide bonds. The van der Waals surface area contributed by atoms with Crippen molar-refractivity contribution in [2.75, 3.05) is 0 Å². The largest absolute Gasteiger partial charge is 0.339 e. The van der Waals surface area contributed by atoms with Gasteiger partial charge in [0.25, 0.3) is 0 Å². The minimum absolute atomic E-state index is 0.101. The quantitative estimate of drug-likeness (QED) is 0.853.